The standard InChI is InChI=1S/C30H31Cl3N2O5S/c1-3-24(18-34-41(39,40)25-13-11-22(32)12-14-25)35-28(19-7-9-21(31)10-8-19)26(20-5-4-6-23(33)15-20)16-30(2,29(35)38)17-27(36)37/h4-15,24,26,28,34H,3,16-18H2,1-2H3,(H,36,37)/t24?,26-,28-,30-/m1/s1. The second-order valence-electron chi connectivity index (χ2n) is 10.6. The monoisotopic (exact) mass is 636 g/mol. The van der Waals surface area contributed by atoms with Crippen LogP contribution in [0.2, 0.25) is 15.1 Å². The maximum Gasteiger partial charge on any atom is 0.304 e. The Kier molecular flexibility index (Phi) is 9.71. The van der Waals surface area contributed by atoms with Gasteiger partial charge in [0.2, 0.25) is 15.9 Å². The fourth-order valence-electron chi connectivity index (χ4n) is 5.62. The first-order valence-corrected chi connectivity index (χ1v) is 15.8. The molecule has 0 aromatic heterocycles. The first kappa shape index (κ1) is 31.3. The maximum absolute atomic E-state index is 14.3. The van der Waals surface area contributed by atoms with Crippen LogP contribution in [0.1, 0.15) is 56.2 Å². The number of hydrogen-bond acceptors (Lipinski definition) is 4. The Morgan fingerprint density at radius 2 is 1.61 bits per heavy atom. The van der Waals surface area contributed by atoms with Crippen LogP contribution < -0.4 is 4.72 Å². The van der Waals surface area contributed by atoms with Crippen molar-refractivity contribution >= 4 is 56.7 Å². The van der Waals surface area contributed by atoms with Crippen molar-refractivity contribution in [2.75, 3.05) is 6.54 Å². The number of nitrogens with one attached hydrogen (secondary N) is 1. The quantitative estimate of drug-likeness (QED) is 0.251. The topological polar surface area (TPSA) is 104 Å². The molecule has 0 aliphatic carbocycles. The van der Waals surface area contributed by atoms with Crippen molar-refractivity contribution in [2.45, 2.75) is 56.0 Å². The Labute approximate surface area is 255 Å². The number of piperidine rings is 1. The predicted octanol–water partition coefficient (Wildman–Crippen LogP) is 6.94. The summed E-state index contributed by atoms with van der Waals surface area (Å²) in [5, 5.41) is 11.2. The van der Waals surface area contributed by atoms with E-state index in [0.717, 1.165) is 11.1 Å². The van der Waals surface area contributed by atoms with Gasteiger partial charge in [0.25, 0.3) is 0 Å². The number of benzene rings is 3. The summed E-state index contributed by atoms with van der Waals surface area (Å²) in [4.78, 5) is 28.0. The van der Waals surface area contributed by atoms with E-state index < -0.39 is 33.5 Å². The van der Waals surface area contributed by atoms with Gasteiger partial charge in [-0.2, -0.15) is 0 Å². The number of carbonyl (C=O) groups is 2. The predicted molar refractivity (Wildman–Crippen MR) is 161 cm³/mol. The molecule has 4 atom stereocenters. The highest BCUT2D eigenvalue weighted by atomic mass is 35.5. The van der Waals surface area contributed by atoms with E-state index in [1.807, 2.05) is 37.3 Å². The number of carboxylic acid groups (broad SMARTS) is 1. The first-order valence-electron chi connectivity index (χ1n) is 13.2. The Morgan fingerprint density at radius 3 is 2.17 bits per heavy atom. The molecule has 1 saturated heterocycles. The molecule has 2 N–H and O–H groups in total. The molecular formula is C30H31Cl3N2O5S. The number of aliphatic carboxylic acids is 1. The van der Waals surface area contributed by atoms with Gasteiger partial charge in [-0.15, -0.1) is 0 Å². The smallest absolute Gasteiger partial charge is 0.304 e. The number of sulfonamides is 1. The van der Waals surface area contributed by atoms with Gasteiger partial charge < -0.3 is 10.0 Å². The summed E-state index contributed by atoms with van der Waals surface area (Å²) in [7, 11) is -3.92. The number of hydrogen-bond donors (Lipinski definition) is 2. The van der Waals surface area contributed by atoms with Crippen LogP contribution in [0, 0.1) is 5.41 Å². The van der Waals surface area contributed by atoms with Crippen LogP contribution in [0.25, 0.3) is 0 Å². The van der Waals surface area contributed by atoms with Crippen LogP contribution in [0.5, 0.6) is 0 Å². The molecule has 41 heavy (non-hydrogen) atoms. The van der Waals surface area contributed by atoms with Gasteiger partial charge in [0.15, 0.2) is 0 Å². The van der Waals surface area contributed by atoms with Crippen LogP contribution in [0.4, 0.5) is 0 Å². The summed E-state index contributed by atoms with van der Waals surface area (Å²) in [6.45, 7) is 3.45. The van der Waals surface area contributed by atoms with Crippen molar-refractivity contribution < 1.29 is 23.1 Å². The van der Waals surface area contributed by atoms with Crippen LogP contribution >= 0.6 is 34.8 Å². The van der Waals surface area contributed by atoms with E-state index in [4.69, 9.17) is 34.8 Å². The van der Waals surface area contributed by atoms with Gasteiger partial charge in [-0.25, -0.2) is 13.1 Å². The molecule has 1 aliphatic rings. The van der Waals surface area contributed by atoms with Crippen molar-refractivity contribution in [3.05, 3.63) is 99.0 Å². The molecule has 7 nitrogen and oxygen atoms in total. The van der Waals surface area contributed by atoms with E-state index in [2.05, 4.69) is 4.72 Å². The molecule has 218 valence electrons. The second kappa shape index (κ2) is 12.7. The normalized spacial score (nSPS) is 22.0. The van der Waals surface area contributed by atoms with E-state index in [-0.39, 0.29) is 36.1 Å². The molecule has 0 radical (unpaired) electrons. The Hall–Kier alpha value is -2.62. The molecule has 0 saturated carbocycles. The van der Waals surface area contributed by atoms with Crippen LogP contribution in [0.3, 0.4) is 0 Å². The second-order valence-corrected chi connectivity index (χ2v) is 13.6. The lowest BCUT2D eigenvalue weighted by atomic mass is 9.67. The van der Waals surface area contributed by atoms with Crippen LogP contribution in [-0.2, 0) is 19.6 Å². The number of carboxylic acids is 1. The molecule has 0 spiro atoms. The van der Waals surface area contributed by atoms with E-state index in [9.17, 15) is 23.1 Å². The maximum atomic E-state index is 14.3. The van der Waals surface area contributed by atoms with E-state index in [1.54, 1.807) is 30.0 Å². The molecule has 4 rings (SSSR count). The highest BCUT2D eigenvalue weighted by molar-refractivity contribution is 7.89. The summed E-state index contributed by atoms with van der Waals surface area (Å²) in [6, 6.07) is 19.2. The molecule has 1 fully saturated rings. The van der Waals surface area contributed by atoms with Crippen molar-refractivity contribution in [3.63, 3.8) is 0 Å². The van der Waals surface area contributed by atoms with Crippen molar-refractivity contribution in [1.82, 2.24) is 9.62 Å². The minimum absolute atomic E-state index is 0.0449. The summed E-state index contributed by atoms with van der Waals surface area (Å²) in [6.07, 6.45) is 0.291. The molecule has 0 bridgehead atoms. The van der Waals surface area contributed by atoms with Gasteiger partial charge in [-0.3, -0.25) is 9.59 Å². The average molecular weight is 638 g/mol. The molecule has 11 heteroatoms. The zero-order valence-electron chi connectivity index (χ0n) is 22.6. The molecule has 1 amide bonds. The molecule has 3 aromatic carbocycles. The number of rotatable bonds is 10. The number of halogens is 3. The highest BCUT2D eigenvalue weighted by Crippen LogP contribution is 2.52. The van der Waals surface area contributed by atoms with E-state index >= 15 is 0 Å². The third kappa shape index (κ3) is 7.07. The Morgan fingerprint density at radius 1 is 1.00 bits per heavy atom. The summed E-state index contributed by atoms with van der Waals surface area (Å²) >= 11 is 18.5. The summed E-state index contributed by atoms with van der Waals surface area (Å²) < 4.78 is 29.0. The zero-order chi connectivity index (χ0) is 29.9. The van der Waals surface area contributed by atoms with Crippen molar-refractivity contribution in [3.8, 4) is 0 Å². The lowest BCUT2D eigenvalue weighted by Gasteiger charge is -2.52. The third-order valence-corrected chi connectivity index (χ3v) is 9.81. The fraction of sp³-hybridized carbons (Fsp3) is 0.333. The lowest BCUT2D eigenvalue weighted by molar-refractivity contribution is -0.160. The third-order valence-electron chi connectivity index (χ3n) is 7.63. The van der Waals surface area contributed by atoms with Gasteiger partial charge in [0.05, 0.1) is 22.8 Å². The van der Waals surface area contributed by atoms with Gasteiger partial charge in [-0.1, -0.05) is 72.9 Å². The van der Waals surface area contributed by atoms with Gasteiger partial charge >= 0.3 is 5.97 Å². The van der Waals surface area contributed by atoms with Gasteiger partial charge in [0.1, 0.15) is 0 Å². The fourth-order valence-corrected chi connectivity index (χ4v) is 7.15. The number of nitrogens with zero attached hydrogens (tertiary/aromatic N) is 1. The van der Waals surface area contributed by atoms with E-state index in [1.165, 1.54) is 24.3 Å². The summed E-state index contributed by atoms with van der Waals surface area (Å²) in [5.74, 6) is -1.78. The van der Waals surface area contributed by atoms with Gasteiger partial charge in [-0.05, 0) is 72.5 Å². The van der Waals surface area contributed by atoms with Crippen molar-refractivity contribution in [2.24, 2.45) is 5.41 Å². The minimum Gasteiger partial charge on any atom is -0.481 e. The minimum atomic E-state index is -3.92. The number of carbonyl (C=O) groups excluding carboxylic acids is 1. The van der Waals surface area contributed by atoms with Crippen molar-refractivity contribution in [1.29, 1.82) is 0 Å². The Balaban J connectivity index is 1.81. The molecule has 1 unspecified atom stereocenters. The zero-order valence-corrected chi connectivity index (χ0v) is 25.6. The average Bonchev–Trinajstić information content (AvgIpc) is 2.91. The lowest BCUT2D eigenvalue weighted by Crippen LogP contribution is -2.58. The molecule has 3 aromatic rings. The van der Waals surface area contributed by atoms with Crippen LogP contribution in [0.15, 0.2) is 77.7 Å². The SMILES string of the molecule is CCC(CNS(=O)(=O)c1ccc(Cl)cc1)N1C(=O)[C@@](C)(CC(=O)O)C[C@H](c2cccc(Cl)c2)[C@H]1c1ccc(Cl)cc1. The highest BCUT2D eigenvalue weighted by Gasteiger charge is 2.52. The largest absolute Gasteiger partial charge is 0.481 e. The number of amides is 1. The number of likely N-dealkylation sites (tertiary alicyclic amines) is 1. The van der Waals surface area contributed by atoms with Gasteiger partial charge in [0, 0.05) is 33.6 Å². The molecular weight excluding hydrogens is 607 g/mol. The molecule has 1 heterocycles. The molecule has 1 aliphatic heterocycles. The summed E-state index contributed by atoms with van der Waals surface area (Å²) in [5.41, 5.74) is 0.400. The van der Waals surface area contributed by atoms with Crippen LogP contribution in [-0.4, -0.2) is 42.9 Å². The first-order chi connectivity index (χ1) is 19.3. The Bertz CT molecular complexity index is 1520. The van der Waals surface area contributed by atoms with E-state index in [0.29, 0.717) is 21.5 Å².